The van der Waals surface area contributed by atoms with Gasteiger partial charge in [0.2, 0.25) is 0 Å². The molecule has 0 aromatic carbocycles. The van der Waals surface area contributed by atoms with Crippen molar-refractivity contribution >= 4 is 0 Å². The first-order chi connectivity index (χ1) is 7.13. The van der Waals surface area contributed by atoms with Gasteiger partial charge in [0.25, 0.3) is 0 Å². The van der Waals surface area contributed by atoms with Crippen LogP contribution in [0.2, 0.25) is 0 Å². The Morgan fingerprint density at radius 2 is 2.07 bits per heavy atom. The van der Waals surface area contributed by atoms with Crippen LogP contribution in [0.5, 0.6) is 0 Å². The molecule has 2 atom stereocenters. The molecule has 1 N–H and O–H groups in total. The van der Waals surface area contributed by atoms with Gasteiger partial charge in [-0.05, 0) is 20.0 Å². The zero-order valence-corrected chi connectivity index (χ0v) is 10.0. The van der Waals surface area contributed by atoms with E-state index in [0.717, 1.165) is 26.1 Å². The molecule has 1 heterocycles. The number of ether oxygens (including phenoxy) is 2. The highest BCUT2D eigenvalue weighted by Crippen LogP contribution is 2.26. The lowest BCUT2D eigenvalue weighted by Gasteiger charge is -2.27. The summed E-state index contributed by atoms with van der Waals surface area (Å²) in [6, 6.07) is 0. The molecule has 1 aliphatic heterocycles. The van der Waals surface area contributed by atoms with E-state index in [0.29, 0.717) is 6.61 Å². The highest BCUT2D eigenvalue weighted by molar-refractivity contribution is 4.75. The standard InChI is InChI=1S/C11H23NO3/c1-4-12(5-2)7-6-11(3)14-9-10(8-13)15-11/h10,13H,4-9H2,1-3H3. The predicted molar refractivity (Wildman–Crippen MR) is 58.7 cm³/mol. The number of aliphatic hydroxyl groups is 1. The molecule has 0 aromatic heterocycles. The zero-order valence-electron chi connectivity index (χ0n) is 10.0. The van der Waals surface area contributed by atoms with Gasteiger partial charge in [0.15, 0.2) is 5.79 Å². The summed E-state index contributed by atoms with van der Waals surface area (Å²) in [5, 5.41) is 8.95. The molecule has 15 heavy (non-hydrogen) atoms. The maximum atomic E-state index is 8.95. The van der Waals surface area contributed by atoms with Gasteiger partial charge in [-0.25, -0.2) is 0 Å². The van der Waals surface area contributed by atoms with Crippen LogP contribution in [0.25, 0.3) is 0 Å². The number of nitrogens with zero attached hydrogens (tertiary/aromatic N) is 1. The van der Waals surface area contributed by atoms with E-state index in [1.165, 1.54) is 0 Å². The quantitative estimate of drug-likeness (QED) is 0.716. The van der Waals surface area contributed by atoms with Crippen molar-refractivity contribution in [1.82, 2.24) is 4.90 Å². The summed E-state index contributed by atoms with van der Waals surface area (Å²) in [7, 11) is 0. The highest BCUT2D eigenvalue weighted by Gasteiger charge is 2.36. The van der Waals surface area contributed by atoms with Crippen LogP contribution in [-0.4, -0.2) is 54.7 Å². The first-order valence-electron chi connectivity index (χ1n) is 5.78. The third kappa shape index (κ3) is 3.72. The van der Waals surface area contributed by atoms with Crippen molar-refractivity contribution in [3.8, 4) is 0 Å². The first kappa shape index (κ1) is 12.9. The monoisotopic (exact) mass is 217 g/mol. The van der Waals surface area contributed by atoms with Gasteiger partial charge >= 0.3 is 0 Å². The summed E-state index contributed by atoms with van der Waals surface area (Å²) < 4.78 is 11.2. The topological polar surface area (TPSA) is 41.9 Å². The predicted octanol–water partition coefficient (Wildman–Crippen LogP) is 0.842. The Morgan fingerprint density at radius 1 is 1.40 bits per heavy atom. The van der Waals surface area contributed by atoms with E-state index >= 15 is 0 Å². The molecule has 2 unspecified atom stereocenters. The zero-order chi connectivity index (χ0) is 11.3. The maximum absolute atomic E-state index is 8.95. The third-order valence-corrected chi connectivity index (χ3v) is 2.97. The molecule has 0 amide bonds. The van der Waals surface area contributed by atoms with E-state index in [4.69, 9.17) is 14.6 Å². The fourth-order valence-electron chi connectivity index (χ4n) is 1.81. The van der Waals surface area contributed by atoms with Crippen molar-refractivity contribution in [3.05, 3.63) is 0 Å². The normalized spacial score (nSPS) is 31.4. The van der Waals surface area contributed by atoms with Gasteiger partial charge in [-0.15, -0.1) is 0 Å². The Hall–Kier alpha value is -0.160. The number of hydrogen-bond donors (Lipinski definition) is 1. The molecule has 0 aliphatic carbocycles. The molecule has 1 aliphatic rings. The molecular formula is C11H23NO3. The lowest BCUT2D eigenvalue weighted by molar-refractivity contribution is -0.164. The average molecular weight is 217 g/mol. The van der Waals surface area contributed by atoms with Gasteiger partial charge in [0, 0.05) is 13.0 Å². The van der Waals surface area contributed by atoms with Gasteiger partial charge in [-0.3, -0.25) is 0 Å². The third-order valence-electron chi connectivity index (χ3n) is 2.97. The van der Waals surface area contributed by atoms with Gasteiger partial charge < -0.3 is 19.5 Å². The van der Waals surface area contributed by atoms with E-state index in [-0.39, 0.29) is 12.7 Å². The van der Waals surface area contributed by atoms with Crippen LogP contribution in [0.1, 0.15) is 27.2 Å². The highest BCUT2D eigenvalue weighted by atomic mass is 16.7. The van der Waals surface area contributed by atoms with Crippen LogP contribution in [-0.2, 0) is 9.47 Å². The number of aliphatic hydroxyl groups excluding tert-OH is 1. The van der Waals surface area contributed by atoms with E-state index in [1.807, 2.05) is 6.92 Å². The molecule has 0 aromatic rings. The van der Waals surface area contributed by atoms with Crippen LogP contribution < -0.4 is 0 Å². The molecular weight excluding hydrogens is 194 g/mol. The lowest BCUT2D eigenvalue weighted by atomic mass is 10.2. The SMILES string of the molecule is CCN(CC)CCC1(C)OCC(CO)O1. The molecule has 0 saturated carbocycles. The van der Waals surface area contributed by atoms with Crippen LogP contribution in [0.3, 0.4) is 0 Å². The molecule has 0 bridgehead atoms. The molecule has 90 valence electrons. The minimum atomic E-state index is -0.504. The van der Waals surface area contributed by atoms with Crippen LogP contribution in [0.15, 0.2) is 0 Å². The van der Waals surface area contributed by atoms with E-state index in [9.17, 15) is 0 Å². The molecule has 1 saturated heterocycles. The Balaban J connectivity index is 2.31. The number of rotatable bonds is 6. The van der Waals surface area contributed by atoms with Crippen molar-refractivity contribution in [3.63, 3.8) is 0 Å². The molecule has 1 fully saturated rings. The van der Waals surface area contributed by atoms with E-state index < -0.39 is 5.79 Å². The fourth-order valence-corrected chi connectivity index (χ4v) is 1.81. The Bertz CT molecular complexity index is 185. The summed E-state index contributed by atoms with van der Waals surface area (Å²) in [6.07, 6.45) is 0.706. The van der Waals surface area contributed by atoms with Crippen molar-refractivity contribution in [2.75, 3.05) is 32.8 Å². The van der Waals surface area contributed by atoms with Crippen molar-refractivity contribution in [2.45, 2.75) is 39.1 Å². The minimum absolute atomic E-state index is 0.0425. The van der Waals surface area contributed by atoms with Crippen molar-refractivity contribution < 1.29 is 14.6 Å². The fraction of sp³-hybridized carbons (Fsp3) is 1.00. The largest absolute Gasteiger partial charge is 0.394 e. The maximum Gasteiger partial charge on any atom is 0.167 e. The summed E-state index contributed by atoms with van der Waals surface area (Å²) in [4.78, 5) is 2.34. The lowest BCUT2D eigenvalue weighted by Crippen LogP contribution is -2.34. The smallest absolute Gasteiger partial charge is 0.167 e. The second-order valence-corrected chi connectivity index (χ2v) is 4.14. The second kappa shape index (κ2) is 5.80. The molecule has 1 rings (SSSR count). The molecule has 4 heteroatoms. The Kier molecular flexibility index (Phi) is 4.99. The van der Waals surface area contributed by atoms with Crippen molar-refractivity contribution in [1.29, 1.82) is 0 Å². The van der Waals surface area contributed by atoms with Crippen LogP contribution in [0.4, 0.5) is 0 Å². The average Bonchev–Trinajstić information content (AvgIpc) is 2.62. The number of hydrogen-bond acceptors (Lipinski definition) is 4. The van der Waals surface area contributed by atoms with Gasteiger partial charge in [0.05, 0.1) is 13.2 Å². The van der Waals surface area contributed by atoms with Gasteiger partial charge in [-0.1, -0.05) is 13.8 Å². The van der Waals surface area contributed by atoms with E-state index in [1.54, 1.807) is 0 Å². The summed E-state index contributed by atoms with van der Waals surface area (Å²) in [5.41, 5.74) is 0. The Morgan fingerprint density at radius 3 is 2.53 bits per heavy atom. The minimum Gasteiger partial charge on any atom is -0.394 e. The van der Waals surface area contributed by atoms with Gasteiger partial charge in [0.1, 0.15) is 6.10 Å². The molecule has 4 nitrogen and oxygen atoms in total. The summed E-state index contributed by atoms with van der Waals surface area (Å²) in [5.74, 6) is -0.504. The molecule has 0 radical (unpaired) electrons. The van der Waals surface area contributed by atoms with Gasteiger partial charge in [-0.2, -0.15) is 0 Å². The van der Waals surface area contributed by atoms with E-state index in [2.05, 4.69) is 18.7 Å². The summed E-state index contributed by atoms with van der Waals surface area (Å²) >= 11 is 0. The van der Waals surface area contributed by atoms with Crippen LogP contribution in [0, 0.1) is 0 Å². The summed E-state index contributed by atoms with van der Waals surface area (Å²) in [6.45, 7) is 9.88. The second-order valence-electron chi connectivity index (χ2n) is 4.14. The van der Waals surface area contributed by atoms with Crippen molar-refractivity contribution in [2.24, 2.45) is 0 Å². The first-order valence-corrected chi connectivity index (χ1v) is 5.78. The Labute approximate surface area is 92.2 Å². The molecule has 0 spiro atoms. The van der Waals surface area contributed by atoms with Crippen LogP contribution >= 0.6 is 0 Å².